The third-order valence-corrected chi connectivity index (χ3v) is 3.74. The van der Waals surface area contributed by atoms with E-state index in [4.69, 9.17) is 9.47 Å². The number of rotatable bonds is 8. The zero-order chi connectivity index (χ0) is 16.7. The van der Waals surface area contributed by atoms with E-state index in [-0.39, 0.29) is 13.2 Å². The van der Waals surface area contributed by atoms with Crippen molar-refractivity contribution in [1.82, 2.24) is 0 Å². The Morgan fingerprint density at radius 1 is 0.913 bits per heavy atom. The fraction of sp³-hybridized carbons (Fsp3) is 0.368. The lowest BCUT2D eigenvalue weighted by Gasteiger charge is -2.16. The minimum atomic E-state index is -0.172. The Bertz CT molecular complexity index is 595. The Kier molecular flexibility index (Phi) is 6.44. The molecule has 0 spiro atoms. The molecule has 124 valence electrons. The average Bonchev–Trinajstić information content (AvgIpc) is 2.60. The summed E-state index contributed by atoms with van der Waals surface area (Å²) >= 11 is 0. The van der Waals surface area contributed by atoms with E-state index in [2.05, 4.69) is 19.1 Å². The smallest absolute Gasteiger partial charge is 0.131 e. The lowest BCUT2D eigenvalue weighted by atomic mass is 10.1. The summed E-state index contributed by atoms with van der Waals surface area (Å²) in [6.07, 6.45) is 2.20. The van der Waals surface area contributed by atoms with Crippen molar-refractivity contribution in [3.05, 3.63) is 58.7 Å². The van der Waals surface area contributed by atoms with Gasteiger partial charge >= 0.3 is 0 Å². The largest absolute Gasteiger partial charge is 0.497 e. The predicted octanol–water partition coefficient (Wildman–Crippen LogP) is 3.21. The first-order chi connectivity index (χ1) is 11.2. The lowest BCUT2D eigenvalue weighted by Crippen LogP contribution is -2.03. The lowest BCUT2D eigenvalue weighted by molar-refractivity contribution is 0.241. The Hall–Kier alpha value is -2.04. The van der Waals surface area contributed by atoms with Crippen LogP contribution in [0.3, 0.4) is 0 Å². The number of hydrogen-bond acceptors (Lipinski definition) is 4. The highest BCUT2D eigenvalue weighted by Crippen LogP contribution is 2.30. The second kappa shape index (κ2) is 8.56. The molecule has 2 N–H and O–H groups in total. The summed E-state index contributed by atoms with van der Waals surface area (Å²) < 4.78 is 11.0. The van der Waals surface area contributed by atoms with Crippen molar-refractivity contribution in [2.24, 2.45) is 0 Å². The second-order valence-corrected chi connectivity index (χ2v) is 5.45. The van der Waals surface area contributed by atoms with Crippen LogP contribution in [0.25, 0.3) is 0 Å². The molecule has 0 aliphatic carbocycles. The van der Waals surface area contributed by atoms with E-state index in [1.807, 2.05) is 12.1 Å². The van der Waals surface area contributed by atoms with Gasteiger partial charge in [0.15, 0.2) is 0 Å². The third kappa shape index (κ3) is 4.47. The number of benzene rings is 2. The molecule has 2 aromatic rings. The van der Waals surface area contributed by atoms with Crippen LogP contribution in [0.4, 0.5) is 0 Å². The van der Waals surface area contributed by atoms with E-state index in [9.17, 15) is 10.2 Å². The molecule has 0 heterocycles. The third-order valence-electron chi connectivity index (χ3n) is 3.74. The molecule has 0 amide bonds. The quantitative estimate of drug-likeness (QED) is 0.785. The topological polar surface area (TPSA) is 58.9 Å². The van der Waals surface area contributed by atoms with Gasteiger partial charge in [-0.3, -0.25) is 0 Å². The highest BCUT2D eigenvalue weighted by Gasteiger charge is 2.12. The molecule has 23 heavy (non-hydrogen) atoms. The number of hydrogen-bond donors (Lipinski definition) is 2. The maximum atomic E-state index is 9.53. The van der Waals surface area contributed by atoms with Gasteiger partial charge in [0, 0.05) is 11.1 Å². The van der Waals surface area contributed by atoms with Crippen molar-refractivity contribution >= 4 is 0 Å². The number of aryl methyl sites for hydroxylation is 1. The number of aliphatic hydroxyl groups is 2. The molecule has 4 nitrogen and oxygen atoms in total. The van der Waals surface area contributed by atoms with Crippen molar-refractivity contribution in [3.63, 3.8) is 0 Å². The van der Waals surface area contributed by atoms with Crippen LogP contribution < -0.4 is 9.47 Å². The van der Waals surface area contributed by atoms with Gasteiger partial charge in [0.05, 0.1) is 20.3 Å². The normalized spacial score (nSPS) is 10.6. The molecule has 0 radical (unpaired) electrons. The van der Waals surface area contributed by atoms with Gasteiger partial charge in [-0.2, -0.15) is 0 Å². The zero-order valence-corrected chi connectivity index (χ0v) is 13.7. The van der Waals surface area contributed by atoms with Crippen molar-refractivity contribution in [3.8, 4) is 11.5 Å². The SMILES string of the molecule is CCCc1ccc(COc2c(CO)cc(OC)cc2CO)cc1. The molecule has 0 atom stereocenters. The summed E-state index contributed by atoms with van der Waals surface area (Å²) in [4.78, 5) is 0. The monoisotopic (exact) mass is 316 g/mol. The minimum Gasteiger partial charge on any atom is -0.497 e. The maximum Gasteiger partial charge on any atom is 0.131 e. The highest BCUT2D eigenvalue weighted by atomic mass is 16.5. The molecule has 0 saturated carbocycles. The van der Waals surface area contributed by atoms with Crippen molar-refractivity contribution in [2.45, 2.75) is 39.6 Å². The summed E-state index contributed by atoms with van der Waals surface area (Å²) in [5.74, 6) is 1.11. The second-order valence-electron chi connectivity index (χ2n) is 5.45. The number of ether oxygens (including phenoxy) is 2. The number of methoxy groups -OCH3 is 1. The van der Waals surface area contributed by atoms with Crippen molar-refractivity contribution in [1.29, 1.82) is 0 Å². The van der Waals surface area contributed by atoms with Crippen LogP contribution in [0, 0.1) is 0 Å². The molecular weight excluding hydrogens is 292 g/mol. The van der Waals surface area contributed by atoms with Gasteiger partial charge in [-0.05, 0) is 29.7 Å². The van der Waals surface area contributed by atoms with Crippen LogP contribution in [-0.4, -0.2) is 17.3 Å². The molecule has 0 aromatic heterocycles. The zero-order valence-electron chi connectivity index (χ0n) is 13.7. The van der Waals surface area contributed by atoms with Gasteiger partial charge in [0.1, 0.15) is 18.1 Å². The van der Waals surface area contributed by atoms with E-state index >= 15 is 0 Å². The molecule has 4 heteroatoms. The van der Waals surface area contributed by atoms with E-state index in [1.165, 1.54) is 5.56 Å². The highest BCUT2D eigenvalue weighted by molar-refractivity contribution is 5.47. The van der Waals surface area contributed by atoms with Gasteiger partial charge in [0.2, 0.25) is 0 Å². The minimum absolute atomic E-state index is 0.172. The number of aliphatic hydroxyl groups excluding tert-OH is 2. The molecular formula is C19H24O4. The first-order valence-electron chi connectivity index (χ1n) is 7.84. The average molecular weight is 316 g/mol. The van der Waals surface area contributed by atoms with E-state index < -0.39 is 0 Å². The van der Waals surface area contributed by atoms with Crippen molar-refractivity contribution < 1.29 is 19.7 Å². The van der Waals surface area contributed by atoms with Crippen LogP contribution in [0.5, 0.6) is 11.5 Å². The predicted molar refractivity (Wildman–Crippen MR) is 89.6 cm³/mol. The fourth-order valence-corrected chi connectivity index (χ4v) is 2.51. The standard InChI is InChI=1S/C19H24O4/c1-3-4-14-5-7-15(8-6-14)13-23-19-16(11-20)9-18(22-2)10-17(19)12-21/h5-10,20-21H,3-4,11-13H2,1-2H3. The van der Waals surface area contributed by atoms with E-state index in [0.717, 1.165) is 18.4 Å². The Morgan fingerprint density at radius 3 is 1.96 bits per heavy atom. The fourth-order valence-electron chi connectivity index (χ4n) is 2.51. The first kappa shape index (κ1) is 17.3. The maximum absolute atomic E-state index is 9.53. The van der Waals surface area contributed by atoms with Crippen molar-refractivity contribution in [2.75, 3.05) is 7.11 Å². The van der Waals surface area contributed by atoms with Gasteiger partial charge in [-0.25, -0.2) is 0 Å². The molecule has 0 unspecified atom stereocenters. The summed E-state index contributed by atoms with van der Waals surface area (Å²) in [5.41, 5.74) is 3.58. The van der Waals surface area contributed by atoms with Gasteiger partial charge in [-0.15, -0.1) is 0 Å². The van der Waals surface area contributed by atoms with Gasteiger partial charge < -0.3 is 19.7 Å². The molecule has 0 aliphatic heterocycles. The van der Waals surface area contributed by atoms with Crippen LogP contribution in [0.15, 0.2) is 36.4 Å². The summed E-state index contributed by atoms with van der Waals surface area (Å²) in [6, 6.07) is 11.8. The van der Waals surface area contributed by atoms with E-state index in [0.29, 0.717) is 29.2 Å². The van der Waals surface area contributed by atoms with Gasteiger partial charge in [-0.1, -0.05) is 37.6 Å². The molecule has 2 aromatic carbocycles. The Morgan fingerprint density at radius 2 is 1.48 bits per heavy atom. The Labute approximate surface area is 137 Å². The van der Waals surface area contributed by atoms with Crippen LogP contribution >= 0.6 is 0 Å². The molecule has 2 rings (SSSR count). The summed E-state index contributed by atoms with van der Waals surface area (Å²) in [6.45, 7) is 2.20. The van der Waals surface area contributed by atoms with Crippen LogP contribution in [-0.2, 0) is 26.2 Å². The summed E-state index contributed by atoms with van der Waals surface area (Å²) in [7, 11) is 1.55. The molecule has 0 saturated heterocycles. The molecule has 0 aliphatic rings. The summed E-state index contributed by atoms with van der Waals surface area (Å²) in [5, 5.41) is 19.1. The molecule has 0 bridgehead atoms. The van der Waals surface area contributed by atoms with E-state index in [1.54, 1.807) is 19.2 Å². The van der Waals surface area contributed by atoms with Crippen LogP contribution in [0.2, 0.25) is 0 Å². The molecule has 0 fully saturated rings. The van der Waals surface area contributed by atoms with Gasteiger partial charge in [0.25, 0.3) is 0 Å². The first-order valence-corrected chi connectivity index (χ1v) is 7.84. The Balaban J connectivity index is 2.15. The van der Waals surface area contributed by atoms with Crippen LogP contribution in [0.1, 0.15) is 35.6 Å².